The van der Waals surface area contributed by atoms with Crippen molar-refractivity contribution >= 4 is 33.8 Å². The highest BCUT2D eigenvalue weighted by atomic mass is 32.1. The van der Waals surface area contributed by atoms with Crippen LogP contribution in [0.5, 0.6) is 0 Å². The number of aromatic nitrogens is 1. The molecular weight excluding hydrogens is 456 g/mol. The van der Waals surface area contributed by atoms with Gasteiger partial charge in [-0.25, -0.2) is 4.98 Å². The Kier molecular flexibility index (Phi) is 4.94. The van der Waals surface area contributed by atoms with Crippen LogP contribution in [0.2, 0.25) is 0 Å². The summed E-state index contributed by atoms with van der Waals surface area (Å²) in [7, 11) is 0. The zero-order valence-corrected chi connectivity index (χ0v) is 18.6. The Morgan fingerprint density at radius 2 is 1.42 bits per heavy atom. The van der Waals surface area contributed by atoms with Gasteiger partial charge < -0.3 is 0 Å². The molecule has 31 heavy (non-hydrogen) atoms. The Morgan fingerprint density at radius 3 is 1.97 bits per heavy atom. The molecule has 3 heterocycles. The average Bonchev–Trinajstić information content (AvgIpc) is 3.31. The molecule has 0 saturated heterocycles. The highest BCUT2D eigenvalue weighted by Gasteiger charge is 2.80. The number of allylic oxidation sites excluding steroid dienone is 2. The van der Waals surface area contributed by atoms with Gasteiger partial charge in [0.2, 0.25) is 0 Å². The number of hydrogen-bond donors (Lipinski definition) is 0. The molecule has 1 aliphatic rings. The average molecular weight is 474 g/mol. The summed E-state index contributed by atoms with van der Waals surface area (Å²) in [6.07, 6.45) is 0. The van der Waals surface area contributed by atoms with Crippen LogP contribution < -0.4 is 0 Å². The summed E-state index contributed by atoms with van der Waals surface area (Å²) in [5.74, 6) is -15.8. The second-order valence-electron chi connectivity index (χ2n) is 7.60. The minimum absolute atomic E-state index is 0.128. The third-order valence-electron chi connectivity index (χ3n) is 5.37. The lowest BCUT2D eigenvalue weighted by molar-refractivity contribution is -0.254. The molecule has 9 heteroatoms. The van der Waals surface area contributed by atoms with E-state index in [1.165, 1.54) is 37.3 Å². The predicted octanol–water partition coefficient (Wildman–Crippen LogP) is 7.94. The number of pyridine rings is 1. The summed E-state index contributed by atoms with van der Waals surface area (Å²) >= 11 is 2.38. The summed E-state index contributed by atoms with van der Waals surface area (Å²) in [5.41, 5.74) is -2.51. The Morgan fingerprint density at radius 1 is 0.806 bits per heavy atom. The standard InChI is InChI=1S/C22H17F6NS2/c1-10-8-11(2)19(29-18(10)15-6-5-7-30-15)17-16(14-9-12(3)31-13(14)4)20(23,24)22(27,28)21(17,25)26/h5-9H,1-4H3. The molecule has 0 N–H and O–H groups in total. The van der Waals surface area contributed by atoms with Gasteiger partial charge in [-0.15, -0.1) is 22.7 Å². The molecule has 0 saturated carbocycles. The van der Waals surface area contributed by atoms with Crippen LogP contribution in [0, 0.1) is 27.7 Å². The minimum Gasteiger partial charge on any atom is -0.246 e. The van der Waals surface area contributed by atoms with Gasteiger partial charge in [-0.1, -0.05) is 12.1 Å². The largest absolute Gasteiger partial charge is 0.380 e. The number of aryl methyl sites for hydroxylation is 4. The number of nitrogens with zero attached hydrogens (tertiary/aromatic N) is 1. The van der Waals surface area contributed by atoms with Crippen LogP contribution in [0.25, 0.3) is 21.7 Å². The molecule has 164 valence electrons. The van der Waals surface area contributed by atoms with Crippen LogP contribution in [0.15, 0.2) is 29.6 Å². The van der Waals surface area contributed by atoms with E-state index in [0.717, 1.165) is 11.3 Å². The van der Waals surface area contributed by atoms with E-state index < -0.39 is 34.6 Å². The zero-order chi connectivity index (χ0) is 22.9. The number of rotatable bonds is 3. The first kappa shape index (κ1) is 22.1. The van der Waals surface area contributed by atoms with Crippen LogP contribution in [0.1, 0.15) is 32.1 Å². The molecule has 0 fully saturated rings. The van der Waals surface area contributed by atoms with E-state index in [2.05, 4.69) is 4.98 Å². The highest BCUT2D eigenvalue weighted by Crippen LogP contribution is 2.65. The van der Waals surface area contributed by atoms with Crippen molar-refractivity contribution in [2.75, 3.05) is 0 Å². The zero-order valence-electron chi connectivity index (χ0n) is 16.9. The predicted molar refractivity (Wildman–Crippen MR) is 112 cm³/mol. The molecule has 0 amide bonds. The maximum atomic E-state index is 15.1. The Balaban J connectivity index is 2.12. The van der Waals surface area contributed by atoms with Gasteiger partial charge in [0.15, 0.2) is 0 Å². The van der Waals surface area contributed by atoms with Crippen molar-refractivity contribution in [3.05, 3.63) is 61.8 Å². The lowest BCUT2D eigenvalue weighted by Gasteiger charge is -2.26. The van der Waals surface area contributed by atoms with E-state index >= 15 is 8.78 Å². The van der Waals surface area contributed by atoms with Crippen LogP contribution in [0.3, 0.4) is 0 Å². The fraction of sp³-hybridized carbons (Fsp3) is 0.318. The third kappa shape index (κ3) is 3.00. The van der Waals surface area contributed by atoms with Crippen molar-refractivity contribution in [3.63, 3.8) is 0 Å². The molecule has 0 aliphatic heterocycles. The maximum absolute atomic E-state index is 15.1. The smallest absolute Gasteiger partial charge is 0.246 e. The van der Waals surface area contributed by atoms with Gasteiger partial charge in [0.25, 0.3) is 0 Å². The summed E-state index contributed by atoms with van der Waals surface area (Å²) in [6, 6.07) is 6.20. The van der Waals surface area contributed by atoms with Crippen molar-refractivity contribution in [3.8, 4) is 10.6 Å². The third-order valence-corrected chi connectivity index (χ3v) is 7.21. The van der Waals surface area contributed by atoms with Crippen LogP contribution in [-0.4, -0.2) is 22.8 Å². The molecule has 3 aromatic rings. The maximum Gasteiger partial charge on any atom is 0.380 e. The van der Waals surface area contributed by atoms with Crippen molar-refractivity contribution in [1.82, 2.24) is 4.98 Å². The monoisotopic (exact) mass is 473 g/mol. The summed E-state index contributed by atoms with van der Waals surface area (Å²) in [4.78, 5) is 5.69. The van der Waals surface area contributed by atoms with Gasteiger partial charge in [-0.2, -0.15) is 26.3 Å². The lowest BCUT2D eigenvalue weighted by Crippen LogP contribution is -2.49. The summed E-state index contributed by atoms with van der Waals surface area (Å²) < 4.78 is 89.1. The van der Waals surface area contributed by atoms with E-state index in [1.54, 1.807) is 31.4 Å². The number of thiophene rings is 2. The Bertz CT molecular complexity index is 1210. The lowest BCUT2D eigenvalue weighted by atomic mass is 9.95. The van der Waals surface area contributed by atoms with Gasteiger partial charge in [0, 0.05) is 15.3 Å². The molecule has 4 rings (SSSR count). The molecule has 1 nitrogen and oxygen atoms in total. The molecule has 0 aromatic carbocycles. The van der Waals surface area contributed by atoms with E-state index in [-0.39, 0.29) is 16.0 Å². The molecule has 0 unspecified atom stereocenters. The van der Waals surface area contributed by atoms with Gasteiger partial charge in [-0.05, 0) is 61.9 Å². The highest BCUT2D eigenvalue weighted by molar-refractivity contribution is 7.13. The van der Waals surface area contributed by atoms with Crippen LogP contribution >= 0.6 is 22.7 Å². The molecule has 0 spiro atoms. The first-order chi connectivity index (χ1) is 14.3. The molecule has 0 radical (unpaired) electrons. The normalized spacial score (nSPS) is 19.3. The van der Waals surface area contributed by atoms with Crippen LogP contribution in [0.4, 0.5) is 26.3 Å². The molecule has 1 aliphatic carbocycles. The number of hydrogen-bond acceptors (Lipinski definition) is 3. The van der Waals surface area contributed by atoms with E-state index in [9.17, 15) is 17.6 Å². The fourth-order valence-electron chi connectivity index (χ4n) is 3.94. The van der Waals surface area contributed by atoms with E-state index in [0.29, 0.717) is 21.0 Å². The summed E-state index contributed by atoms with van der Waals surface area (Å²) in [6.45, 7) is 6.18. The number of alkyl halides is 6. The van der Waals surface area contributed by atoms with Gasteiger partial charge in [0.1, 0.15) is 0 Å². The van der Waals surface area contributed by atoms with Crippen molar-refractivity contribution in [1.29, 1.82) is 0 Å². The Labute approximate surface area is 183 Å². The Hall–Kier alpha value is -2.13. The topological polar surface area (TPSA) is 12.9 Å². The van der Waals surface area contributed by atoms with Gasteiger partial charge in [0.05, 0.1) is 21.8 Å². The van der Waals surface area contributed by atoms with E-state index in [4.69, 9.17) is 0 Å². The molecule has 0 atom stereocenters. The fourth-order valence-corrected chi connectivity index (χ4v) is 5.65. The SMILES string of the molecule is Cc1cc(C2=C(c3nc(-c4cccs4)c(C)cc3C)C(F)(F)C(F)(F)C2(F)F)c(C)s1. The van der Waals surface area contributed by atoms with E-state index in [1.807, 2.05) is 0 Å². The first-order valence-electron chi connectivity index (χ1n) is 9.29. The first-order valence-corrected chi connectivity index (χ1v) is 11.0. The van der Waals surface area contributed by atoms with Gasteiger partial charge >= 0.3 is 17.8 Å². The molecule has 0 bridgehead atoms. The molecule has 3 aromatic heterocycles. The van der Waals surface area contributed by atoms with Crippen molar-refractivity contribution in [2.24, 2.45) is 0 Å². The van der Waals surface area contributed by atoms with Crippen LogP contribution in [-0.2, 0) is 0 Å². The van der Waals surface area contributed by atoms with Crippen molar-refractivity contribution in [2.45, 2.75) is 45.5 Å². The van der Waals surface area contributed by atoms with Crippen molar-refractivity contribution < 1.29 is 26.3 Å². The number of halogens is 6. The molecular formula is C22H17F6NS2. The second-order valence-corrected chi connectivity index (χ2v) is 10.0. The summed E-state index contributed by atoms with van der Waals surface area (Å²) in [5, 5.41) is 1.75. The minimum atomic E-state index is -5.59. The quantitative estimate of drug-likeness (QED) is 0.352. The second kappa shape index (κ2) is 6.93. The van der Waals surface area contributed by atoms with Gasteiger partial charge in [-0.3, -0.25) is 0 Å².